The third-order valence-corrected chi connectivity index (χ3v) is 3.47. The summed E-state index contributed by atoms with van der Waals surface area (Å²) in [4.78, 5) is 27.3. The molecule has 19 heavy (non-hydrogen) atoms. The van der Waals surface area contributed by atoms with E-state index < -0.39 is 17.9 Å². The van der Waals surface area contributed by atoms with Crippen LogP contribution in [-0.2, 0) is 16.1 Å². The first-order valence-electron chi connectivity index (χ1n) is 5.54. The second-order valence-corrected chi connectivity index (χ2v) is 5.13. The Balaban J connectivity index is 2.17. The van der Waals surface area contributed by atoms with Gasteiger partial charge in [0, 0.05) is 15.4 Å². The van der Waals surface area contributed by atoms with Gasteiger partial charge in [-0.3, -0.25) is 4.79 Å². The molecule has 0 aliphatic carbocycles. The Kier molecular flexibility index (Phi) is 2.83. The number of ether oxygens (including phenoxy) is 1. The van der Waals surface area contributed by atoms with Crippen LogP contribution in [0.3, 0.4) is 0 Å². The van der Waals surface area contributed by atoms with Crippen LogP contribution in [0.2, 0.25) is 0 Å². The lowest BCUT2D eigenvalue weighted by atomic mass is 10.00. The number of pyridine rings is 1. The molecule has 1 aromatic carbocycles. The minimum absolute atomic E-state index is 0.0283. The zero-order valence-electron chi connectivity index (χ0n) is 9.59. The molecule has 0 bridgehead atoms. The Labute approximate surface area is 116 Å². The minimum atomic E-state index is -1.43. The molecule has 0 fully saturated rings. The summed E-state index contributed by atoms with van der Waals surface area (Å²) in [5.41, 5.74) is 1.54. The van der Waals surface area contributed by atoms with Gasteiger partial charge >= 0.3 is 5.97 Å². The molecule has 1 aliphatic rings. The standard InChI is InChI=1S/C13H8BrNO4/c14-7-2-1-6-3-8-10(15-9(6)4-7)5-19-12(11(8)16)13(17)18/h1-4,12H,5H2,(H,17,18). The number of carbonyl (C=O) groups is 2. The van der Waals surface area contributed by atoms with Gasteiger partial charge in [-0.1, -0.05) is 22.0 Å². The van der Waals surface area contributed by atoms with Crippen LogP contribution < -0.4 is 0 Å². The highest BCUT2D eigenvalue weighted by Gasteiger charge is 2.34. The number of Topliss-reactive ketones (excluding diaryl/α,β-unsaturated/α-hetero) is 1. The van der Waals surface area contributed by atoms with Crippen molar-refractivity contribution >= 4 is 38.6 Å². The molecular formula is C13H8BrNO4. The topological polar surface area (TPSA) is 76.5 Å². The number of carboxylic acids is 1. The highest BCUT2D eigenvalue weighted by Crippen LogP contribution is 2.25. The lowest BCUT2D eigenvalue weighted by Gasteiger charge is -2.20. The van der Waals surface area contributed by atoms with E-state index in [1.54, 1.807) is 6.07 Å². The molecule has 2 aromatic rings. The van der Waals surface area contributed by atoms with Crippen molar-refractivity contribution in [3.05, 3.63) is 40.0 Å². The molecule has 0 saturated heterocycles. The van der Waals surface area contributed by atoms with Crippen LogP contribution in [0, 0.1) is 0 Å². The van der Waals surface area contributed by atoms with E-state index in [-0.39, 0.29) is 6.61 Å². The monoisotopic (exact) mass is 321 g/mol. The zero-order valence-corrected chi connectivity index (χ0v) is 11.2. The van der Waals surface area contributed by atoms with Crippen LogP contribution in [-0.4, -0.2) is 27.9 Å². The largest absolute Gasteiger partial charge is 0.479 e. The lowest BCUT2D eigenvalue weighted by molar-refractivity contribution is -0.148. The number of hydrogen-bond acceptors (Lipinski definition) is 4. The van der Waals surface area contributed by atoms with Crippen LogP contribution in [0.25, 0.3) is 10.9 Å². The average Bonchev–Trinajstić information content (AvgIpc) is 2.37. The van der Waals surface area contributed by atoms with Crippen LogP contribution in [0.15, 0.2) is 28.7 Å². The minimum Gasteiger partial charge on any atom is -0.479 e. The maximum atomic E-state index is 12.0. The lowest BCUT2D eigenvalue weighted by Crippen LogP contribution is -2.37. The van der Waals surface area contributed by atoms with Gasteiger partial charge in [0.2, 0.25) is 11.9 Å². The summed E-state index contributed by atoms with van der Waals surface area (Å²) in [7, 11) is 0. The molecule has 0 radical (unpaired) electrons. The third-order valence-electron chi connectivity index (χ3n) is 2.97. The van der Waals surface area contributed by atoms with E-state index >= 15 is 0 Å². The average molecular weight is 322 g/mol. The third kappa shape index (κ3) is 2.02. The molecule has 5 nitrogen and oxygen atoms in total. The Bertz CT molecular complexity index is 713. The van der Waals surface area contributed by atoms with Crippen molar-refractivity contribution in [2.45, 2.75) is 12.7 Å². The summed E-state index contributed by atoms with van der Waals surface area (Å²) in [5.74, 6) is -1.82. The van der Waals surface area contributed by atoms with Gasteiger partial charge in [-0.05, 0) is 18.2 Å². The number of carbonyl (C=O) groups excluding carboxylic acids is 1. The van der Waals surface area contributed by atoms with Crippen LogP contribution in [0.5, 0.6) is 0 Å². The predicted molar refractivity (Wildman–Crippen MR) is 70.0 cm³/mol. The number of nitrogens with zero attached hydrogens (tertiary/aromatic N) is 1. The molecule has 96 valence electrons. The molecule has 2 heterocycles. The maximum absolute atomic E-state index is 12.0. The van der Waals surface area contributed by atoms with Crippen molar-refractivity contribution in [3.63, 3.8) is 0 Å². The van der Waals surface area contributed by atoms with E-state index in [4.69, 9.17) is 9.84 Å². The van der Waals surface area contributed by atoms with Gasteiger partial charge in [-0.15, -0.1) is 0 Å². The molecular weight excluding hydrogens is 314 g/mol. The number of benzene rings is 1. The van der Waals surface area contributed by atoms with Gasteiger partial charge in [0.1, 0.15) is 0 Å². The van der Waals surface area contributed by atoms with Crippen LogP contribution in [0.1, 0.15) is 16.1 Å². The summed E-state index contributed by atoms with van der Waals surface area (Å²) in [6.45, 7) is 0.0283. The number of halogens is 1. The van der Waals surface area contributed by atoms with Gasteiger partial charge in [0.05, 0.1) is 17.8 Å². The van der Waals surface area contributed by atoms with Crippen LogP contribution >= 0.6 is 15.9 Å². The maximum Gasteiger partial charge on any atom is 0.341 e. The van der Waals surface area contributed by atoms with E-state index in [9.17, 15) is 9.59 Å². The summed E-state index contributed by atoms with van der Waals surface area (Å²) < 4.78 is 5.92. The second-order valence-electron chi connectivity index (χ2n) is 4.21. The summed E-state index contributed by atoms with van der Waals surface area (Å²) >= 11 is 3.35. The quantitative estimate of drug-likeness (QED) is 0.814. The first kappa shape index (κ1) is 12.3. The molecule has 0 spiro atoms. The molecule has 1 aromatic heterocycles. The SMILES string of the molecule is O=C(O)C1OCc2nc3cc(Br)ccc3cc2C1=O. The molecule has 1 N–H and O–H groups in total. The molecule has 1 atom stereocenters. The Morgan fingerprint density at radius 1 is 1.42 bits per heavy atom. The van der Waals surface area contributed by atoms with Crippen molar-refractivity contribution in [1.29, 1.82) is 0 Å². The normalized spacial score (nSPS) is 18.4. The number of rotatable bonds is 1. The van der Waals surface area contributed by atoms with Gasteiger partial charge in [-0.2, -0.15) is 0 Å². The van der Waals surface area contributed by atoms with Crippen molar-refractivity contribution in [1.82, 2.24) is 4.98 Å². The molecule has 3 rings (SSSR count). The predicted octanol–water partition coefficient (Wildman–Crippen LogP) is 2.16. The number of aromatic nitrogens is 1. The van der Waals surface area contributed by atoms with Crippen molar-refractivity contribution < 1.29 is 19.4 Å². The van der Waals surface area contributed by atoms with Crippen LogP contribution in [0.4, 0.5) is 0 Å². The molecule has 1 aliphatic heterocycles. The zero-order chi connectivity index (χ0) is 13.6. The van der Waals surface area contributed by atoms with E-state index in [2.05, 4.69) is 20.9 Å². The number of ketones is 1. The molecule has 0 amide bonds. The van der Waals surface area contributed by atoms with Gasteiger partial charge < -0.3 is 9.84 Å². The van der Waals surface area contributed by atoms with Gasteiger partial charge in [-0.25, -0.2) is 9.78 Å². The van der Waals surface area contributed by atoms with E-state index in [1.807, 2.05) is 18.2 Å². The highest BCUT2D eigenvalue weighted by atomic mass is 79.9. The smallest absolute Gasteiger partial charge is 0.341 e. The number of hydrogen-bond donors (Lipinski definition) is 1. The summed E-state index contributed by atoms with van der Waals surface area (Å²) in [5, 5.41) is 9.70. The van der Waals surface area contributed by atoms with E-state index in [0.717, 1.165) is 15.4 Å². The Morgan fingerprint density at radius 3 is 2.95 bits per heavy atom. The molecule has 0 saturated carbocycles. The summed E-state index contributed by atoms with van der Waals surface area (Å²) in [6.07, 6.45) is -1.43. The van der Waals surface area contributed by atoms with Gasteiger partial charge in [0.15, 0.2) is 0 Å². The number of carboxylic acid groups (broad SMARTS) is 1. The fourth-order valence-corrected chi connectivity index (χ4v) is 2.42. The number of fused-ring (bicyclic) bond motifs is 2. The summed E-state index contributed by atoms with van der Waals surface area (Å²) in [6, 6.07) is 7.17. The number of aliphatic carboxylic acids is 1. The van der Waals surface area contributed by atoms with Gasteiger partial charge in [0.25, 0.3) is 0 Å². The first-order valence-corrected chi connectivity index (χ1v) is 6.33. The Hall–Kier alpha value is -1.79. The molecule has 6 heteroatoms. The first-order chi connectivity index (χ1) is 9.06. The van der Waals surface area contributed by atoms with Crippen molar-refractivity contribution in [2.24, 2.45) is 0 Å². The Morgan fingerprint density at radius 2 is 2.21 bits per heavy atom. The molecule has 1 unspecified atom stereocenters. The fraction of sp³-hybridized carbons (Fsp3) is 0.154. The van der Waals surface area contributed by atoms with E-state index in [1.165, 1.54) is 0 Å². The van der Waals surface area contributed by atoms with Crippen molar-refractivity contribution in [2.75, 3.05) is 0 Å². The fourth-order valence-electron chi connectivity index (χ4n) is 2.07. The highest BCUT2D eigenvalue weighted by molar-refractivity contribution is 9.10. The van der Waals surface area contributed by atoms with Crippen molar-refractivity contribution in [3.8, 4) is 0 Å². The van der Waals surface area contributed by atoms with E-state index in [0.29, 0.717) is 11.3 Å². The second kappa shape index (κ2) is 4.40.